The second kappa shape index (κ2) is 4.37. The fourth-order valence-electron chi connectivity index (χ4n) is 4.00. The van der Waals surface area contributed by atoms with Gasteiger partial charge in [-0.1, -0.05) is 19.4 Å². The summed E-state index contributed by atoms with van der Waals surface area (Å²) in [5.74, 6) is 0.258. The normalized spacial score (nSPS) is 39.2. The zero-order chi connectivity index (χ0) is 12.8. The van der Waals surface area contributed by atoms with Crippen molar-refractivity contribution in [2.24, 2.45) is 5.92 Å². The molecule has 0 aromatic carbocycles. The summed E-state index contributed by atoms with van der Waals surface area (Å²) >= 11 is 0. The lowest BCUT2D eigenvalue weighted by atomic mass is 9.74. The highest BCUT2D eigenvalue weighted by molar-refractivity contribution is 5.87. The third-order valence-corrected chi connectivity index (χ3v) is 4.88. The van der Waals surface area contributed by atoms with Crippen molar-refractivity contribution in [1.82, 2.24) is 0 Å². The maximum Gasteiger partial charge on any atom is 0.333 e. The van der Waals surface area contributed by atoms with Gasteiger partial charge in [0, 0.05) is 17.9 Å². The summed E-state index contributed by atoms with van der Waals surface area (Å²) in [5.41, 5.74) is 0.158. The Morgan fingerprint density at radius 1 is 1.28 bits per heavy atom. The van der Waals surface area contributed by atoms with Gasteiger partial charge in [0.05, 0.1) is 12.2 Å². The molecule has 18 heavy (non-hydrogen) atoms. The average Bonchev–Trinajstić information content (AvgIpc) is 3.05. The van der Waals surface area contributed by atoms with E-state index in [1.54, 1.807) is 6.92 Å². The fraction of sp³-hybridized carbons (Fsp3) is 0.800. The first-order valence-electron chi connectivity index (χ1n) is 7.16. The Balaban J connectivity index is 1.84. The van der Waals surface area contributed by atoms with Gasteiger partial charge in [-0.25, -0.2) is 4.79 Å². The highest BCUT2D eigenvalue weighted by Crippen LogP contribution is 2.52. The molecule has 3 unspecified atom stereocenters. The van der Waals surface area contributed by atoms with Crippen LogP contribution in [0.25, 0.3) is 0 Å². The molecule has 1 saturated carbocycles. The summed E-state index contributed by atoms with van der Waals surface area (Å²) in [7, 11) is 0. The predicted molar refractivity (Wildman–Crippen MR) is 68.1 cm³/mol. The van der Waals surface area contributed by atoms with Crippen LogP contribution in [0.15, 0.2) is 12.2 Å². The van der Waals surface area contributed by atoms with Crippen molar-refractivity contribution in [3.8, 4) is 0 Å². The highest BCUT2D eigenvalue weighted by atomic mass is 16.6. The summed E-state index contributed by atoms with van der Waals surface area (Å²) in [6.07, 6.45) is 8.40. The minimum atomic E-state index is -0.338. The lowest BCUT2D eigenvalue weighted by Gasteiger charge is -2.40. The Labute approximate surface area is 109 Å². The van der Waals surface area contributed by atoms with Gasteiger partial charge in [0.15, 0.2) is 0 Å². The van der Waals surface area contributed by atoms with Crippen LogP contribution in [0, 0.1) is 5.92 Å². The van der Waals surface area contributed by atoms with E-state index in [-0.39, 0.29) is 17.7 Å². The van der Waals surface area contributed by atoms with Crippen molar-refractivity contribution < 1.29 is 14.3 Å². The largest absolute Gasteiger partial charge is 0.453 e. The molecule has 0 radical (unpaired) electrons. The van der Waals surface area contributed by atoms with E-state index in [9.17, 15) is 4.79 Å². The Bertz CT molecular complexity index is 370. The third kappa shape index (κ3) is 1.80. The first-order chi connectivity index (χ1) is 8.62. The van der Waals surface area contributed by atoms with Crippen LogP contribution in [-0.2, 0) is 14.3 Å². The van der Waals surface area contributed by atoms with Crippen LogP contribution in [-0.4, -0.2) is 23.8 Å². The van der Waals surface area contributed by atoms with E-state index in [0.29, 0.717) is 17.6 Å². The Hall–Kier alpha value is -0.830. The van der Waals surface area contributed by atoms with Gasteiger partial charge in [0.1, 0.15) is 5.60 Å². The summed E-state index contributed by atoms with van der Waals surface area (Å²) in [5, 5.41) is 0. The lowest BCUT2D eigenvalue weighted by Crippen LogP contribution is -2.49. The van der Waals surface area contributed by atoms with E-state index in [4.69, 9.17) is 9.47 Å². The molecule has 0 N–H and O–H groups in total. The first kappa shape index (κ1) is 12.2. The van der Waals surface area contributed by atoms with Crippen molar-refractivity contribution in [3.05, 3.63) is 12.2 Å². The molecule has 0 aromatic rings. The van der Waals surface area contributed by atoms with Gasteiger partial charge in [-0.2, -0.15) is 0 Å². The van der Waals surface area contributed by atoms with Crippen LogP contribution in [0.3, 0.4) is 0 Å². The minimum Gasteiger partial charge on any atom is -0.453 e. The zero-order valence-corrected chi connectivity index (χ0v) is 11.1. The molecule has 100 valence electrons. The van der Waals surface area contributed by atoms with E-state index in [1.807, 2.05) is 0 Å². The van der Waals surface area contributed by atoms with Gasteiger partial charge in [-0.15, -0.1) is 0 Å². The van der Waals surface area contributed by atoms with Gasteiger partial charge < -0.3 is 9.47 Å². The fourth-order valence-corrected chi connectivity index (χ4v) is 4.00. The summed E-state index contributed by atoms with van der Waals surface area (Å²) in [6, 6.07) is 0. The SMILES string of the molecule is C=C(C)C(=O)OC1(C2CCCC2)CC2CCC1O2. The summed E-state index contributed by atoms with van der Waals surface area (Å²) < 4.78 is 11.9. The molecule has 1 aliphatic carbocycles. The number of carbonyl (C=O) groups excluding carboxylic acids is 1. The maximum atomic E-state index is 12.0. The summed E-state index contributed by atoms with van der Waals surface area (Å²) in [6.45, 7) is 5.42. The molecule has 0 aromatic heterocycles. The topological polar surface area (TPSA) is 35.5 Å². The molecule has 3 atom stereocenters. The van der Waals surface area contributed by atoms with Crippen molar-refractivity contribution >= 4 is 5.97 Å². The van der Waals surface area contributed by atoms with Gasteiger partial charge in [-0.3, -0.25) is 0 Å². The van der Waals surface area contributed by atoms with Gasteiger partial charge in [0.25, 0.3) is 0 Å². The van der Waals surface area contributed by atoms with E-state index in [0.717, 1.165) is 19.3 Å². The standard InChI is InChI=1S/C15H22O3/c1-10(2)14(16)18-15(11-5-3-4-6-11)9-12-7-8-13(15)17-12/h11-13H,1,3-9H2,2H3. The smallest absolute Gasteiger partial charge is 0.333 e. The Kier molecular flexibility index (Phi) is 2.97. The Morgan fingerprint density at radius 3 is 2.50 bits per heavy atom. The molecule has 3 rings (SSSR count). The number of hydrogen-bond donors (Lipinski definition) is 0. The van der Waals surface area contributed by atoms with E-state index < -0.39 is 0 Å². The third-order valence-electron chi connectivity index (χ3n) is 4.88. The van der Waals surface area contributed by atoms with Crippen LogP contribution >= 0.6 is 0 Å². The number of fused-ring (bicyclic) bond motifs is 2. The van der Waals surface area contributed by atoms with Crippen molar-refractivity contribution in [1.29, 1.82) is 0 Å². The van der Waals surface area contributed by atoms with Crippen molar-refractivity contribution in [2.75, 3.05) is 0 Å². The van der Waals surface area contributed by atoms with E-state index in [1.165, 1.54) is 25.7 Å². The van der Waals surface area contributed by atoms with Gasteiger partial charge in [-0.05, 0) is 32.6 Å². The molecule has 0 amide bonds. The molecule has 0 spiro atoms. The van der Waals surface area contributed by atoms with Gasteiger partial charge in [0.2, 0.25) is 0 Å². The molecule has 3 nitrogen and oxygen atoms in total. The molecule has 3 heteroatoms. The number of carbonyl (C=O) groups is 1. The molecular formula is C15H22O3. The molecular weight excluding hydrogens is 228 g/mol. The van der Waals surface area contributed by atoms with Gasteiger partial charge >= 0.3 is 5.97 Å². The van der Waals surface area contributed by atoms with E-state index in [2.05, 4.69) is 6.58 Å². The zero-order valence-electron chi connectivity index (χ0n) is 11.1. The second-order valence-electron chi connectivity index (χ2n) is 6.13. The number of rotatable bonds is 3. The first-order valence-corrected chi connectivity index (χ1v) is 7.16. The predicted octanol–water partition coefficient (Wildman–Crippen LogP) is 2.99. The monoisotopic (exact) mass is 250 g/mol. The van der Waals surface area contributed by atoms with E-state index >= 15 is 0 Å². The number of ether oxygens (including phenoxy) is 2. The molecule has 3 aliphatic rings. The Morgan fingerprint density at radius 2 is 2.00 bits per heavy atom. The van der Waals surface area contributed by atoms with Crippen LogP contribution in [0.4, 0.5) is 0 Å². The molecule has 2 aliphatic heterocycles. The molecule has 2 bridgehead atoms. The van der Waals surface area contributed by atoms with Crippen LogP contribution in [0.2, 0.25) is 0 Å². The van der Waals surface area contributed by atoms with Crippen molar-refractivity contribution in [3.63, 3.8) is 0 Å². The van der Waals surface area contributed by atoms with Crippen LogP contribution < -0.4 is 0 Å². The minimum absolute atomic E-state index is 0.133. The van der Waals surface area contributed by atoms with Crippen LogP contribution in [0.1, 0.15) is 51.9 Å². The molecule has 3 fully saturated rings. The second-order valence-corrected chi connectivity index (χ2v) is 6.13. The van der Waals surface area contributed by atoms with Crippen LogP contribution in [0.5, 0.6) is 0 Å². The quantitative estimate of drug-likeness (QED) is 0.570. The maximum absolute atomic E-state index is 12.0. The number of esters is 1. The molecule has 2 heterocycles. The molecule has 2 saturated heterocycles. The average molecular weight is 250 g/mol. The van der Waals surface area contributed by atoms with Crippen molar-refractivity contribution in [2.45, 2.75) is 69.7 Å². The summed E-state index contributed by atoms with van der Waals surface area (Å²) in [4.78, 5) is 12.0. The highest BCUT2D eigenvalue weighted by Gasteiger charge is 2.59. The lowest BCUT2D eigenvalue weighted by molar-refractivity contribution is -0.169. The number of hydrogen-bond acceptors (Lipinski definition) is 3.